The molecular formula is C11H11ClN2OS. The number of thiazole rings is 1. The second-order valence-corrected chi connectivity index (χ2v) is 5.56. The predicted molar refractivity (Wildman–Crippen MR) is 65.9 cm³/mol. The Kier molecular flexibility index (Phi) is 2.40. The van der Waals surface area contributed by atoms with Crippen molar-refractivity contribution in [3.63, 3.8) is 0 Å². The lowest BCUT2D eigenvalue weighted by atomic mass is 10.0. The van der Waals surface area contributed by atoms with Crippen LogP contribution in [0.3, 0.4) is 0 Å². The van der Waals surface area contributed by atoms with E-state index in [1.165, 1.54) is 0 Å². The Morgan fingerprint density at radius 3 is 3.12 bits per heavy atom. The third-order valence-corrected chi connectivity index (χ3v) is 4.30. The van der Waals surface area contributed by atoms with Crippen LogP contribution in [0.25, 0.3) is 10.2 Å². The van der Waals surface area contributed by atoms with Crippen molar-refractivity contribution in [1.82, 2.24) is 4.98 Å². The van der Waals surface area contributed by atoms with Crippen molar-refractivity contribution in [3.05, 3.63) is 28.2 Å². The average molecular weight is 255 g/mol. The van der Waals surface area contributed by atoms with Crippen molar-refractivity contribution in [1.29, 1.82) is 0 Å². The Labute approximate surface area is 102 Å². The Morgan fingerprint density at radius 1 is 1.50 bits per heavy atom. The summed E-state index contributed by atoms with van der Waals surface area (Å²) in [6.07, 6.45) is 0.834. The number of halogens is 1. The second kappa shape index (κ2) is 3.67. The summed E-state index contributed by atoms with van der Waals surface area (Å²) in [6, 6.07) is 5.70. The highest BCUT2D eigenvalue weighted by atomic mass is 35.5. The lowest BCUT2D eigenvalue weighted by Gasteiger charge is -2.17. The minimum Gasteiger partial charge on any atom is -0.379 e. The molecule has 0 bridgehead atoms. The van der Waals surface area contributed by atoms with Crippen molar-refractivity contribution in [2.75, 3.05) is 13.2 Å². The molecule has 1 aliphatic rings. The summed E-state index contributed by atoms with van der Waals surface area (Å²) in [4.78, 5) is 4.56. The van der Waals surface area contributed by atoms with Gasteiger partial charge in [-0.15, -0.1) is 11.3 Å². The van der Waals surface area contributed by atoms with Gasteiger partial charge < -0.3 is 10.5 Å². The summed E-state index contributed by atoms with van der Waals surface area (Å²) in [5.74, 6) is 0. The van der Waals surface area contributed by atoms with Crippen LogP contribution >= 0.6 is 22.9 Å². The molecule has 2 N–H and O–H groups in total. The van der Waals surface area contributed by atoms with Gasteiger partial charge in [0.2, 0.25) is 0 Å². The molecule has 0 saturated carbocycles. The molecule has 1 unspecified atom stereocenters. The van der Waals surface area contributed by atoms with E-state index in [2.05, 4.69) is 4.98 Å². The Bertz CT molecular complexity index is 534. The van der Waals surface area contributed by atoms with Crippen LogP contribution in [0.5, 0.6) is 0 Å². The Morgan fingerprint density at radius 2 is 2.38 bits per heavy atom. The number of hydrogen-bond acceptors (Lipinski definition) is 4. The first-order chi connectivity index (χ1) is 7.67. The highest BCUT2D eigenvalue weighted by molar-refractivity contribution is 7.18. The molecule has 1 aromatic heterocycles. The average Bonchev–Trinajstić information content (AvgIpc) is 2.84. The van der Waals surface area contributed by atoms with Gasteiger partial charge >= 0.3 is 0 Å². The number of aromatic nitrogens is 1. The third-order valence-electron chi connectivity index (χ3n) is 2.83. The highest BCUT2D eigenvalue weighted by Gasteiger charge is 2.35. The summed E-state index contributed by atoms with van der Waals surface area (Å²) in [5.41, 5.74) is 6.82. The zero-order chi connectivity index (χ0) is 11.2. The first-order valence-electron chi connectivity index (χ1n) is 5.11. The Balaban J connectivity index is 2.11. The quantitative estimate of drug-likeness (QED) is 0.851. The van der Waals surface area contributed by atoms with E-state index in [0.29, 0.717) is 13.2 Å². The molecule has 16 heavy (non-hydrogen) atoms. The molecule has 1 atom stereocenters. The number of rotatable bonds is 1. The maximum Gasteiger partial charge on any atom is 0.116 e. The first kappa shape index (κ1) is 10.5. The van der Waals surface area contributed by atoms with E-state index < -0.39 is 5.54 Å². The van der Waals surface area contributed by atoms with E-state index in [1.807, 2.05) is 18.2 Å². The molecule has 1 saturated heterocycles. The van der Waals surface area contributed by atoms with Gasteiger partial charge in [-0.25, -0.2) is 4.98 Å². The van der Waals surface area contributed by atoms with Gasteiger partial charge in [0.15, 0.2) is 0 Å². The zero-order valence-electron chi connectivity index (χ0n) is 8.57. The van der Waals surface area contributed by atoms with Gasteiger partial charge in [-0.05, 0) is 24.6 Å². The van der Waals surface area contributed by atoms with Crippen LogP contribution < -0.4 is 5.73 Å². The predicted octanol–water partition coefficient (Wildman–Crippen LogP) is 2.52. The van der Waals surface area contributed by atoms with Crippen molar-refractivity contribution >= 4 is 33.2 Å². The molecule has 1 aliphatic heterocycles. The molecule has 3 rings (SSSR count). The molecule has 0 amide bonds. The molecule has 2 aromatic rings. The number of ether oxygens (including phenoxy) is 1. The highest BCUT2D eigenvalue weighted by Crippen LogP contribution is 2.34. The van der Waals surface area contributed by atoms with Crippen LogP contribution in [0.1, 0.15) is 11.4 Å². The molecule has 3 nitrogen and oxygen atoms in total. The fourth-order valence-electron chi connectivity index (χ4n) is 1.86. The van der Waals surface area contributed by atoms with Gasteiger partial charge in [-0.2, -0.15) is 0 Å². The SMILES string of the molecule is NC1(c2nc3ccc(Cl)cc3s2)CCOC1. The van der Waals surface area contributed by atoms with Crippen molar-refractivity contribution in [2.45, 2.75) is 12.0 Å². The summed E-state index contributed by atoms with van der Waals surface area (Å²) in [5, 5.41) is 1.68. The molecule has 0 aliphatic carbocycles. The molecule has 84 valence electrons. The van der Waals surface area contributed by atoms with Crippen LogP contribution in [-0.2, 0) is 10.3 Å². The van der Waals surface area contributed by atoms with Gasteiger partial charge in [-0.3, -0.25) is 0 Å². The molecule has 1 fully saturated rings. The van der Waals surface area contributed by atoms with Crippen LogP contribution in [0.4, 0.5) is 0 Å². The van der Waals surface area contributed by atoms with E-state index in [-0.39, 0.29) is 0 Å². The summed E-state index contributed by atoms with van der Waals surface area (Å²) < 4.78 is 6.43. The fraction of sp³-hybridized carbons (Fsp3) is 0.364. The standard InChI is InChI=1S/C11H11ClN2OS/c12-7-1-2-8-9(5-7)16-10(14-8)11(13)3-4-15-6-11/h1-2,5H,3-4,6,13H2. The molecule has 0 spiro atoms. The van der Waals surface area contributed by atoms with Gasteiger partial charge in [0.25, 0.3) is 0 Å². The van der Waals surface area contributed by atoms with E-state index in [9.17, 15) is 0 Å². The van der Waals surface area contributed by atoms with E-state index >= 15 is 0 Å². The van der Waals surface area contributed by atoms with Crippen molar-refractivity contribution in [3.8, 4) is 0 Å². The molecular weight excluding hydrogens is 244 g/mol. The lowest BCUT2D eigenvalue weighted by Crippen LogP contribution is -2.36. The van der Waals surface area contributed by atoms with Crippen molar-refractivity contribution < 1.29 is 4.74 Å². The monoisotopic (exact) mass is 254 g/mol. The van der Waals surface area contributed by atoms with E-state index in [0.717, 1.165) is 26.7 Å². The third kappa shape index (κ3) is 1.62. The Hall–Kier alpha value is -0.680. The molecule has 5 heteroatoms. The number of hydrogen-bond donors (Lipinski definition) is 1. The van der Waals surface area contributed by atoms with Gasteiger partial charge in [0.1, 0.15) is 5.01 Å². The minimum absolute atomic E-state index is 0.407. The van der Waals surface area contributed by atoms with Crippen LogP contribution in [0, 0.1) is 0 Å². The summed E-state index contributed by atoms with van der Waals surface area (Å²) in [7, 11) is 0. The summed E-state index contributed by atoms with van der Waals surface area (Å²) >= 11 is 7.55. The molecule has 2 heterocycles. The molecule has 0 radical (unpaired) electrons. The number of benzene rings is 1. The maximum atomic E-state index is 6.27. The van der Waals surface area contributed by atoms with Crippen molar-refractivity contribution in [2.24, 2.45) is 5.73 Å². The second-order valence-electron chi connectivity index (χ2n) is 4.09. The minimum atomic E-state index is -0.407. The molecule has 1 aromatic carbocycles. The number of fused-ring (bicyclic) bond motifs is 1. The van der Waals surface area contributed by atoms with E-state index in [1.54, 1.807) is 11.3 Å². The maximum absolute atomic E-state index is 6.27. The van der Waals surface area contributed by atoms with Gasteiger partial charge in [0, 0.05) is 11.6 Å². The normalized spacial score (nSPS) is 25.4. The van der Waals surface area contributed by atoms with Gasteiger partial charge in [0.05, 0.1) is 22.4 Å². The summed E-state index contributed by atoms with van der Waals surface area (Å²) in [6.45, 7) is 1.27. The van der Waals surface area contributed by atoms with Crippen LogP contribution in [0.15, 0.2) is 18.2 Å². The number of nitrogens with zero attached hydrogens (tertiary/aromatic N) is 1. The smallest absolute Gasteiger partial charge is 0.116 e. The largest absolute Gasteiger partial charge is 0.379 e. The number of nitrogens with two attached hydrogens (primary N) is 1. The zero-order valence-corrected chi connectivity index (χ0v) is 10.1. The van der Waals surface area contributed by atoms with Crippen LogP contribution in [0.2, 0.25) is 5.02 Å². The fourth-order valence-corrected chi connectivity index (χ4v) is 3.22. The van der Waals surface area contributed by atoms with Gasteiger partial charge in [-0.1, -0.05) is 11.6 Å². The topological polar surface area (TPSA) is 48.1 Å². The van der Waals surface area contributed by atoms with E-state index in [4.69, 9.17) is 22.1 Å². The first-order valence-corrected chi connectivity index (χ1v) is 6.30. The van der Waals surface area contributed by atoms with Crippen LogP contribution in [-0.4, -0.2) is 18.2 Å². The lowest BCUT2D eigenvalue weighted by molar-refractivity contribution is 0.178.